The average molecular weight is 350 g/mol. The van der Waals surface area contributed by atoms with Crippen LogP contribution >= 0.6 is 11.3 Å². The fraction of sp³-hybridized carbons (Fsp3) is 0.737. The SMILES string of the molecule is CN(C(=O)NCC1CCCN(Cc2cccs2)C1)C1CCCCC1. The summed E-state index contributed by atoms with van der Waals surface area (Å²) in [6.45, 7) is 4.16. The highest BCUT2D eigenvalue weighted by molar-refractivity contribution is 7.09. The Morgan fingerprint density at radius 2 is 2.12 bits per heavy atom. The Morgan fingerprint density at radius 3 is 2.88 bits per heavy atom. The monoisotopic (exact) mass is 349 g/mol. The van der Waals surface area contributed by atoms with Crippen LogP contribution in [-0.4, -0.2) is 48.6 Å². The van der Waals surface area contributed by atoms with Crippen molar-refractivity contribution in [2.45, 2.75) is 57.5 Å². The van der Waals surface area contributed by atoms with Gasteiger partial charge in [0.1, 0.15) is 0 Å². The van der Waals surface area contributed by atoms with Crippen LogP contribution in [0.15, 0.2) is 17.5 Å². The van der Waals surface area contributed by atoms with Gasteiger partial charge in [0.05, 0.1) is 0 Å². The van der Waals surface area contributed by atoms with Gasteiger partial charge in [-0.2, -0.15) is 0 Å². The van der Waals surface area contributed by atoms with Crippen LogP contribution in [0, 0.1) is 5.92 Å². The molecule has 1 aromatic heterocycles. The van der Waals surface area contributed by atoms with Crippen molar-refractivity contribution in [2.24, 2.45) is 5.92 Å². The summed E-state index contributed by atoms with van der Waals surface area (Å²) in [6, 6.07) is 4.91. The van der Waals surface area contributed by atoms with E-state index in [2.05, 4.69) is 27.7 Å². The number of nitrogens with zero attached hydrogens (tertiary/aromatic N) is 2. The molecule has 2 heterocycles. The van der Waals surface area contributed by atoms with Crippen LogP contribution in [0.5, 0.6) is 0 Å². The lowest BCUT2D eigenvalue weighted by atomic mass is 9.94. The lowest BCUT2D eigenvalue weighted by Crippen LogP contribution is -2.47. The zero-order chi connectivity index (χ0) is 16.8. The molecule has 4 nitrogen and oxygen atoms in total. The molecule has 1 saturated heterocycles. The molecule has 5 heteroatoms. The highest BCUT2D eigenvalue weighted by Gasteiger charge is 2.24. The molecule has 1 N–H and O–H groups in total. The van der Waals surface area contributed by atoms with Gasteiger partial charge in [0.2, 0.25) is 0 Å². The molecule has 1 aromatic rings. The standard InChI is InChI=1S/C19H31N3OS/c1-21(17-8-3-2-4-9-17)19(23)20-13-16-7-5-11-22(14-16)15-18-10-6-12-24-18/h6,10,12,16-17H,2-5,7-9,11,13-15H2,1H3,(H,20,23). The fourth-order valence-corrected chi connectivity index (χ4v) is 4.82. The van der Waals surface area contributed by atoms with Gasteiger partial charge in [0, 0.05) is 37.6 Å². The van der Waals surface area contributed by atoms with Gasteiger partial charge in [-0.25, -0.2) is 4.79 Å². The van der Waals surface area contributed by atoms with E-state index in [1.165, 1.54) is 56.4 Å². The molecule has 1 saturated carbocycles. The van der Waals surface area contributed by atoms with Gasteiger partial charge in [-0.05, 0) is 49.6 Å². The Labute approximate surface area is 150 Å². The number of hydrogen-bond donors (Lipinski definition) is 1. The van der Waals surface area contributed by atoms with Crippen molar-refractivity contribution in [3.8, 4) is 0 Å². The van der Waals surface area contributed by atoms with Gasteiger partial charge in [-0.1, -0.05) is 25.3 Å². The first-order valence-corrected chi connectivity index (χ1v) is 10.4. The summed E-state index contributed by atoms with van der Waals surface area (Å²) in [5.41, 5.74) is 0. The summed E-state index contributed by atoms with van der Waals surface area (Å²) in [5, 5.41) is 5.34. The van der Waals surface area contributed by atoms with E-state index in [9.17, 15) is 4.79 Å². The maximum Gasteiger partial charge on any atom is 0.317 e. The Kier molecular flexibility index (Phi) is 6.55. The molecule has 1 aliphatic heterocycles. The van der Waals surface area contributed by atoms with Crippen molar-refractivity contribution in [3.63, 3.8) is 0 Å². The van der Waals surface area contributed by atoms with Gasteiger partial charge >= 0.3 is 6.03 Å². The molecule has 24 heavy (non-hydrogen) atoms. The molecule has 0 aromatic carbocycles. The van der Waals surface area contributed by atoms with Gasteiger partial charge in [-0.3, -0.25) is 4.90 Å². The number of carbonyl (C=O) groups excluding carboxylic acids is 1. The lowest BCUT2D eigenvalue weighted by Gasteiger charge is -2.34. The number of carbonyl (C=O) groups is 1. The summed E-state index contributed by atoms with van der Waals surface area (Å²) in [6.07, 6.45) is 8.67. The lowest BCUT2D eigenvalue weighted by molar-refractivity contribution is 0.153. The molecule has 2 amide bonds. The van der Waals surface area contributed by atoms with Crippen molar-refractivity contribution in [3.05, 3.63) is 22.4 Å². The summed E-state index contributed by atoms with van der Waals surface area (Å²) in [4.78, 5) is 18.4. The molecule has 0 bridgehead atoms. The fourth-order valence-electron chi connectivity index (χ4n) is 4.07. The Balaban J connectivity index is 1.41. The van der Waals surface area contributed by atoms with Gasteiger partial charge in [-0.15, -0.1) is 11.3 Å². The molecule has 2 aliphatic rings. The van der Waals surface area contributed by atoms with Crippen LogP contribution in [-0.2, 0) is 6.54 Å². The second kappa shape index (κ2) is 8.86. The normalized spacial score (nSPS) is 23.1. The summed E-state index contributed by atoms with van der Waals surface area (Å²) in [5.74, 6) is 0.586. The molecule has 0 spiro atoms. The van der Waals surface area contributed by atoms with Crippen LogP contribution in [0.1, 0.15) is 49.8 Å². The molecular weight excluding hydrogens is 318 g/mol. The third-order valence-electron chi connectivity index (χ3n) is 5.55. The van der Waals surface area contributed by atoms with Crippen LogP contribution in [0.2, 0.25) is 0 Å². The van der Waals surface area contributed by atoms with E-state index in [0.29, 0.717) is 12.0 Å². The zero-order valence-corrected chi connectivity index (χ0v) is 15.7. The minimum absolute atomic E-state index is 0.122. The van der Waals surface area contributed by atoms with Gasteiger partial charge in [0.15, 0.2) is 0 Å². The Bertz CT molecular complexity index is 499. The first kappa shape index (κ1) is 17.7. The van der Waals surface area contributed by atoms with E-state index in [4.69, 9.17) is 0 Å². The largest absolute Gasteiger partial charge is 0.338 e. The highest BCUT2D eigenvalue weighted by atomic mass is 32.1. The average Bonchev–Trinajstić information content (AvgIpc) is 3.13. The second-order valence-electron chi connectivity index (χ2n) is 7.41. The van der Waals surface area contributed by atoms with Crippen molar-refractivity contribution in [1.82, 2.24) is 15.1 Å². The molecule has 3 rings (SSSR count). The Morgan fingerprint density at radius 1 is 1.29 bits per heavy atom. The van der Waals surface area contributed by atoms with Crippen LogP contribution < -0.4 is 5.32 Å². The predicted molar refractivity (Wildman–Crippen MR) is 100 cm³/mol. The molecular formula is C19H31N3OS. The number of likely N-dealkylation sites (tertiary alicyclic amines) is 1. The quantitative estimate of drug-likeness (QED) is 0.874. The summed E-state index contributed by atoms with van der Waals surface area (Å²) in [7, 11) is 1.97. The number of amides is 2. The third kappa shape index (κ3) is 4.96. The summed E-state index contributed by atoms with van der Waals surface area (Å²) < 4.78 is 0. The summed E-state index contributed by atoms with van der Waals surface area (Å²) >= 11 is 1.84. The van der Waals surface area contributed by atoms with Crippen molar-refractivity contribution in [1.29, 1.82) is 0 Å². The Hall–Kier alpha value is -1.07. The number of rotatable bonds is 5. The van der Waals surface area contributed by atoms with Gasteiger partial charge in [0.25, 0.3) is 0 Å². The van der Waals surface area contributed by atoms with Crippen LogP contribution in [0.3, 0.4) is 0 Å². The predicted octanol–water partition coefficient (Wildman–Crippen LogP) is 3.93. The minimum atomic E-state index is 0.122. The highest BCUT2D eigenvalue weighted by Crippen LogP contribution is 2.22. The zero-order valence-electron chi connectivity index (χ0n) is 14.9. The number of urea groups is 1. The second-order valence-corrected chi connectivity index (χ2v) is 8.44. The van der Waals surface area contributed by atoms with E-state index < -0.39 is 0 Å². The minimum Gasteiger partial charge on any atom is -0.338 e. The first-order valence-electron chi connectivity index (χ1n) is 9.48. The molecule has 1 unspecified atom stereocenters. The number of nitrogens with one attached hydrogen (secondary N) is 1. The third-order valence-corrected chi connectivity index (χ3v) is 6.41. The van der Waals surface area contributed by atoms with Crippen LogP contribution in [0.25, 0.3) is 0 Å². The van der Waals surface area contributed by atoms with E-state index >= 15 is 0 Å². The van der Waals surface area contributed by atoms with Crippen molar-refractivity contribution >= 4 is 17.4 Å². The molecule has 1 atom stereocenters. The number of hydrogen-bond acceptors (Lipinski definition) is 3. The smallest absolute Gasteiger partial charge is 0.317 e. The topological polar surface area (TPSA) is 35.6 Å². The maximum atomic E-state index is 12.4. The molecule has 2 fully saturated rings. The van der Waals surface area contributed by atoms with Crippen LogP contribution in [0.4, 0.5) is 4.79 Å². The van der Waals surface area contributed by atoms with Crippen molar-refractivity contribution < 1.29 is 4.79 Å². The van der Waals surface area contributed by atoms with E-state index in [1.54, 1.807) is 0 Å². The maximum absolute atomic E-state index is 12.4. The molecule has 0 radical (unpaired) electrons. The molecule has 1 aliphatic carbocycles. The van der Waals surface area contributed by atoms with E-state index in [1.807, 2.05) is 23.3 Å². The van der Waals surface area contributed by atoms with E-state index in [0.717, 1.165) is 19.6 Å². The number of piperidine rings is 1. The van der Waals surface area contributed by atoms with Crippen molar-refractivity contribution in [2.75, 3.05) is 26.7 Å². The van der Waals surface area contributed by atoms with E-state index in [-0.39, 0.29) is 6.03 Å². The number of thiophene rings is 1. The first-order chi connectivity index (χ1) is 11.7. The molecule has 134 valence electrons. The van der Waals surface area contributed by atoms with Gasteiger partial charge < -0.3 is 10.2 Å².